The molecule has 0 spiro atoms. The summed E-state index contributed by atoms with van der Waals surface area (Å²) in [5.41, 5.74) is 3.04. The van der Waals surface area contributed by atoms with Crippen LogP contribution in [-0.2, 0) is 11.3 Å². The Morgan fingerprint density at radius 2 is 1.70 bits per heavy atom. The molecule has 0 atom stereocenters. The van der Waals surface area contributed by atoms with E-state index in [1.807, 2.05) is 56.3 Å². The van der Waals surface area contributed by atoms with Crippen LogP contribution in [0.3, 0.4) is 0 Å². The van der Waals surface area contributed by atoms with Gasteiger partial charge in [-0.2, -0.15) is 0 Å². The van der Waals surface area contributed by atoms with Crippen molar-refractivity contribution in [3.05, 3.63) is 60.2 Å². The van der Waals surface area contributed by atoms with Crippen molar-refractivity contribution in [3.8, 4) is 0 Å². The van der Waals surface area contributed by atoms with Crippen LogP contribution in [0.15, 0.2) is 54.6 Å². The van der Waals surface area contributed by atoms with Crippen LogP contribution in [-0.4, -0.2) is 5.91 Å². The van der Waals surface area contributed by atoms with E-state index in [9.17, 15) is 4.79 Å². The average Bonchev–Trinajstić information content (AvgIpc) is 2.46. The molecular formula is C17H20N2O. The van der Waals surface area contributed by atoms with Crippen LogP contribution in [0.4, 0.5) is 11.4 Å². The summed E-state index contributed by atoms with van der Waals surface area (Å²) >= 11 is 0. The SMILES string of the molecule is CC(C)C(=O)Nc1cccc(NCc2ccccc2)c1. The fraction of sp³-hybridized carbons (Fsp3) is 0.235. The zero-order chi connectivity index (χ0) is 14.4. The lowest BCUT2D eigenvalue weighted by Gasteiger charge is -2.11. The molecule has 0 saturated carbocycles. The van der Waals surface area contributed by atoms with Gasteiger partial charge < -0.3 is 10.6 Å². The van der Waals surface area contributed by atoms with E-state index in [4.69, 9.17) is 0 Å². The van der Waals surface area contributed by atoms with Crippen molar-refractivity contribution in [1.82, 2.24) is 0 Å². The first-order valence-electron chi connectivity index (χ1n) is 6.84. The molecule has 0 bridgehead atoms. The van der Waals surface area contributed by atoms with Gasteiger partial charge in [-0.05, 0) is 23.8 Å². The van der Waals surface area contributed by atoms with Gasteiger partial charge in [0.2, 0.25) is 5.91 Å². The van der Waals surface area contributed by atoms with Crippen LogP contribution < -0.4 is 10.6 Å². The highest BCUT2D eigenvalue weighted by Gasteiger charge is 2.06. The molecule has 2 aromatic rings. The maximum Gasteiger partial charge on any atom is 0.226 e. The second-order valence-electron chi connectivity index (χ2n) is 5.06. The Morgan fingerprint density at radius 1 is 1.00 bits per heavy atom. The molecule has 0 heterocycles. The maximum atomic E-state index is 11.7. The highest BCUT2D eigenvalue weighted by Crippen LogP contribution is 2.16. The number of anilines is 2. The third kappa shape index (κ3) is 4.12. The standard InChI is InChI=1S/C17H20N2O/c1-13(2)17(20)19-16-10-6-9-15(11-16)18-12-14-7-4-3-5-8-14/h3-11,13,18H,12H2,1-2H3,(H,19,20). The molecule has 20 heavy (non-hydrogen) atoms. The lowest BCUT2D eigenvalue weighted by atomic mass is 10.2. The molecule has 0 unspecified atom stereocenters. The van der Waals surface area contributed by atoms with Crippen molar-refractivity contribution in [2.24, 2.45) is 5.92 Å². The van der Waals surface area contributed by atoms with Gasteiger partial charge >= 0.3 is 0 Å². The van der Waals surface area contributed by atoms with Gasteiger partial charge in [0, 0.05) is 23.8 Å². The van der Waals surface area contributed by atoms with Gasteiger partial charge in [-0.15, -0.1) is 0 Å². The molecule has 0 saturated heterocycles. The molecule has 3 heteroatoms. The summed E-state index contributed by atoms with van der Waals surface area (Å²) in [5.74, 6) is 0.0149. The van der Waals surface area contributed by atoms with Gasteiger partial charge in [-0.3, -0.25) is 4.79 Å². The predicted octanol–water partition coefficient (Wildman–Crippen LogP) is 3.89. The molecular weight excluding hydrogens is 248 g/mol. The summed E-state index contributed by atoms with van der Waals surface area (Å²) < 4.78 is 0. The first-order valence-corrected chi connectivity index (χ1v) is 6.84. The van der Waals surface area contributed by atoms with Gasteiger partial charge in [-0.25, -0.2) is 0 Å². The molecule has 104 valence electrons. The third-order valence-corrected chi connectivity index (χ3v) is 2.99. The lowest BCUT2D eigenvalue weighted by molar-refractivity contribution is -0.118. The van der Waals surface area contributed by atoms with Crippen LogP contribution in [0.25, 0.3) is 0 Å². The molecule has 0 fully saturated rings. The van der Waals surface area contributed by atoms with Crippen LogP contribution in [0, 0.1) is 5.92 Å². The summed E-state index contributed by atoms with van der Waals surface area (Å²) in [6, 6.07) is 18.0. The van der Waals surface area contributed by atoms with E-state index < -0.39 is 0 Å². The molecule has 0 aliphatic heterocycles. The number of nitrogens with one attached hydrogen (secondary N) is 2. The van der Waals surface area contributed by atoms with E-state index in [1.165, 1.54) is 5.56 Å². The number of hydrogen-bond acceptors (Lipinski definition) is 2. The Labute approximate surface area is 120 Å². The molecule has 2 rings (SSSR count). The van der Waals surface area contributed by atoms with Crippen LogP contribution in [0.1, 0.15) is 19.4 Å². The molecule has 0 aromatic heterocycles. The van der Waals surface area contributed by atoms with Gasteiger partial charge in [0.05, 0.1) is 0 Å². The van der Waals surface area contributed by atoms with Crippen LogP contribution >= 0.6 is 0 Å². The molecule has 2 aromatic carbocycles. The normalized spacial score (nSPS) is 10.3. The molecule has 0 aliphatic carbocycles. The minimum Gasteiger partial charge on any atom is -0.381 e. The van der Waals surface area contributed by atoms with Crippen LogP contribution in [0.2, 0.25) is 0 Å². The van der Waals surface area contributed by atoms with Crippen molar-refractivity contribution >= 4 is 17.3 Å². The number of carbonyl (C=O) groups excluding carboxylic acids is 1. The van der Waals surface area contributed by atoms with E-state index >= 15 is 0 Å². The first kappa shape index (κ1) is 14.1. The Morgan fingerprint density at radius 3 is 2.40 bits per heavy atom. The number of benzene rings is 2. The highest BCUT2D eigenvalue weighted by molar-refractivity contribution is 5.92. The number of amides is 1. The largest absolute Gasteiger partial charge is 0.381 e. The van der Waals surface area contributed by atoms with E-state index in [2.05, 4.69) is 22.8 Å². The summed E-state index contributed by atoms with van der Waals surface area (Å²) in [5, 5.41) is 6.25. The summed E-state index contributed by atoms with van der Waals surface area (Å²) in [6.07, 6.45) is 0. The second-order valence-corrected chi connectivity index (χ2v) is 5.06. The maximum absolute atomic E-state index is 11.7. The number of carbonyl (C=O) groups is 1. The average molecular weight is 268 g/mol. The van der Waals surface area contributed by atoms with E-state index in [0.717, 1.165) is 17.9 Å². The van der Waals surface area contributed by atoms with Crippen molar-refractivity contribution in [2.75, 3.05) is 10.6 Å². The van der Waals surface area contributed by atoms with Gasteiger partial charge in [0.1, 0.15) is 0 Å². The fourth-order valence-corrected chi connectivity index (χ4v) is 1.79. The summed E-state index contributed by atoms with van der Waals surface area (Å²) in [4.78, 5) is 11.7. The number of hydrogen-bond donors (Lipinski definition) is 2. The zero-order valence-corrected chi connectivity index (χ0v) is 11.9. The zero-order valence-electron chi connectivity index (χ0n) is 11.9. The molecule has 2 N–H and O–H groups in total. The number of rotatable bonds is 5. The molecule has 3 nitrogen and oxygen atoms in total. The predicted molar refractivity (Wildman–Crippen MR) is 83.7 cm³/mol. The molecule has 1 amide bonds. The van der Waals surface area contributed by atoms with E-state index in [-0.39, 0.29) is 11.8 Å². The van der Waals surface area contributed by atoms with Gasteiger partial charge in [0.15, 0.2) is 0 Å². The van der Waals surface area contributed by atoms with Gasteiger partial charge in [-0.1, -0.05) is 50.2 Å². The van der Waals surface area contributed by atoms with E-state index in [0.29, 0.717) is 0 Å². The monoisotopic (exact) mass is 268 g/mol. The van der Waals surface area contributed by atoms with Crippen molar-refractivity contribution in [3.63, 3.8) is 0 Å². The van der Waals surface area contributed by atoms with Crippen molar-refractivity contribution < 1.29 is 4.79 Å². The van der Waals surface area contributed by atoms with Gasteiger partial charge in [0.25, 0.3) is 0 Å². The topological polar surface area (TPSA) is 41.1 Å². The first-order chi connectivity index (χ1) is 9.65. The summed E-state index contributed by atoms with van der Waals surface area (Å²) in [7, 11) is 0. The third-order valence-electron chi connectivity index (χ3n) is 2.99. The Hall–Kier alpha value is -2.29. The molecule has 0 radical (unpaired) electrons. The Balaban J connectivity index is 1.97. The Kier molecular flexibility index (Phi) is 4.77. The summed E-state index contributed by atoms with van der Waals surface area (Å²) in [6.45, 7) is 4.53. The van der Waals surface area contributed by atoms with E-state index in [1.54, 1.807) is 0 Å². The molecule has 0 aliphatic rings. The minimum atomic E-state index is -0.0177. The fourth-order valence-electron chi connectivity index (χ4n) is 1.79. The second kappa shape index (κ2) is 6.75. The quantitative estimate of drug-likeness (QED) is 0.863. The Bertz CT molecular complexity index is 564. The van der Waals surface area contributed by atoms with Crippen molar-refractivity contribution in [2.45, 2.75) is 20.4 Å². The lowest BCUT2D eigenvalue weighted by Crippen LogP contribution is -2.17. The van der Waals surface area contributed by atoms with Crippen LogP contribution in [0.5, 0.6) is 0 Å². The van der Waals surface area contributed by atoms with Crippen molar-refractivity contribution in [1.29, 1.82) is 0 Å². The highest BCUT2D eigenvalue weighted by atomic mass is 16.1. The minimum absolute atomic E-state index is 0.0177. The smallest absolute Gasteiger partial charge is 0.226 e.